The van der Waals surface area contributed by atoms with Crippen molar-refractivity contribution in [3.63, 3.8) is 0 Å². The van der Waals surface area contributed by atoms with Crippen LogP contribution in [0.2, 0.25) is 0 Å². The number of nitrogens with one attached hydrogen (secondary N) is 1. The maximum absolute atomic E-state index is 12.0. The molecule has 0 radical (unpaired) electrons. The molecular formula is C23H23BrN4O2S. The van der Waals surface area contributed by atoms with E-state index in [0.29, 0.717) is 11.8 Å². The van der Waals surface area contributed by atoms with Gasteiger partial charge in [0.05, 0.1) is 16.4 Å². The van der Waals surface area contributed by atoms with Gasteiger partial charge in [-0.1, -0.05) is 41.6 Å². The summed E-state index contributed by atoms with van der Waals surface area (Å²) >= 11 is 4.81. The van der Waals surface area contributed by atoms with Gasteiger partial charge in [0, 0.05) is 11.4 Å². The Labute approximate surface area is 194 Å². The minimum absolute atomic E-state index is 0.190. The number of amides is 1. The Hall–Kier alpha value is -2.71. The van der Waals surface area contributed by atoms with E-state index in [4.69, 9.17) is 4.74 Å². The second kappa shape index (κ2) is 11.1. The molecule has 8 heteroatoms. The summed E-state index contributed by atoms with van der Waals surface area (Å²) in [6.45, 7) is 6.36. The number of hydrazone groups is 1. The van der Waals surface area contributed by atoms with Crippen LogP contribution in [0.25, 0.3) is 0 Å². The molecular weight excluding hydrogens is 476 g/mol. The first-order chi connectivity index (χ1) is 14.9. The van der Waals surface area contributed by atoms with Crippen LogP contribution < -0.4 is 10.2 Å². The maximum Gasteiger partial charge on any atom is 0.250 e. The van der Waals surface area contributed by atoms with E-state index in [0.717, 1.165) is 32.7 Å². The average Bonchev–Trinajstić information content (AvgIpc) is 2.71. The fourth-order valence-electron chi connectivity index (χ4n) is 2.78. The molecule has 0 bridgehead atoms. The minimum atomic E-state index is -0.221. The number of nitrogens with zero attached hydrogens (tertiary/aromatic N) is 3. The molecule has 3 rings (SSSR count). The van der Waals surface area contributed by atoms with Crippen molar-refractivity contribution < 1.29 is 9.53 Å². The van der Waals surface area contributed by atoms with E-state index in [1.54, 1.807) is 6.21 Å². The lowest BCUT2D eigenvalue weighted by molar-refractivity contribution is -0.118. The molecule has 0 atom stereocenters. The zero-order valence-corrected chi connectivity index (χ0v) is 20.0. The van der Waals surface area contributed by atoms with Crippen molar-refractivity contribution in [2.45, 2.75) is 32.5 Å². The third-order valence-corrected chi connectivity index (χ3v) is 5.60. The highest BCUT2D eigenvalue weighted by Gasteiger charge is 2.06. The number of ether oxygens (including phenoxy) is 1. The number of hydrogen-bond acceptors (Lipinski definition) is 6. The highest BCUT2D eigenvalue weighted by molar-refractivity contribution is 9.10. The maximum atomic E-state index is 12.0. The van der Waals surface area contributed by atoms with Gasteiger partial charge in [-0.3, -0.25) is 4.79 Å². The molecule has 1 amide bonds. The Bertz CT molecular complexity index is 1080. The van der Waals surface area contributed by atoms with Crippen LogP contribution in [0.5, 0.6) is 5.75 Å². The van der Waals surface area contributed by atoms with E-state index in [-0.39, 0.29) is 11.7 Å². The van der Waals surface area contributed by atoms with Crippen LogP contribution in [0.15, 0.2) is 63.3 Å². The van der Waals surface area contributed by atoms with E-state index >= 15 is 0 Å². The van der Waals surface area contributed by atoms with Gasteiger partial charge < -0.3 is 4.74 Å². The fourth-order valence-corrected chi connectivity index (χ4v) is 4.03. The van der Waals surface area contributed by atoms with E-state index in [9.17, 15) is 4.79 Å². The van der Waals surface area contributed by atoms with Crippen molar-refractivity contribution in [2.75, 3.05) is 5.75 Å². The molecule has 6 nitrogen and oxygen atoms in total. The summed E-state index contributed by atoms with van der Waals surface area (Å²) in [6.07, 6.45) is 1.59. The molecule has 3 aromatic rings. The zero-order valence-electron chi connectivity index (χ0n) is 17.6. The van der Waals surface area contributed by atoms with E-state index < -0.39 is 0 Å². The fraction of sp³-hybridized carbons (Fsp3) is 0.217. The lowest BCUT2D eigenvalue weighted by Crippen LogP contribution is -2.19. The number of rotatable bonds is 8. The van der Waals surface area contributed by atoms with Gasteiger partial charge >= 0.3 is 0 Å². The number of thioether (sulfide) groups is 1. The van der Waals surface area contributed by atoms with Crippen LogP contribution in [-0.4, -0.2) is 27.8 Å². The Kier molecular flexibility index (Phi) is 8.20. The van der Waals surface area contributed by atoms with Crippen molar-refractivity contribution in [1.29, 1.82) is 0 Å². The summed E-state index contributed by atoms with van der Waals surface area (Å²) in [6, 6.07) is 15.7. The summed E-state index contributed by atoms with van der Waals surface area (Å²) in [7, 11) is 0. The molecule has 0 saturated carbocycles. The SMILES string of the molecule is Cc1cccc(COc2ccc(/C=N\NC(=O)CSc3nc(C)cc(C)n3)cc2Br)c1. The first-order valence-electron chi connectivity index (χ1n) is 9.64. The van der Waals surface area contributed by atoms with Crippen molar-refractivity contribution >= 4 is 39.8 Å². The van der Waals surface area contributed by atoms with Crippen molar-refractivity contribution in [1.82, 2.24) is 15.4 Å². The van der Waals surface area contributed by atoms with Crippen LogP contribution in [0.4, 0.5) is 0 Å². The quantitative estimate of drug-likeness (QED) is 0.205. The molecule has 0 fully saturated rings. The van der Waals surface area contributed by atoms with Gasteiger partial charge in [0.1, 0.15) is 12.4 Å². The number of carbonyl (C=O) groups excluding carboxylic acids is 1. The van der Waals surface area contributed by atoms with Gasteiger partial charge in [0.15, 0.2) is 5.16 Å². The number of aryl methyl sites for hydroxylation is 3. The predicted octanol–water partition coefficient (Wildman–Crippen LogP) is 4.99. The van der Waals surface area contributed by atoms with Gasteiger partial charge in [0.25, 0.3) is 5.91 Å². The van der Waals surface area contributed by atoms with Crippen molar-refractivity contribution in [3.8, 4) is 5.75 Å². The minimum Gasteiger partial charge on any atom is -0.488 e. The van der Waals surface area contributed by atoms with Crippen LogP contribution in [-0.2, 0) is 11.4 Å². The number of hydrogen-bond donors (Lipinski definition) is 1. The van der Waals surface area contributed by atoms with E-state index in [2.05, 4.69) is 55.5 Å². The van der Waals surface area contributed by atoms with Crippen LogP contribution in [0.3, 0.4) is 0 Å². The lowest BCUT2D eigenvalue weighted by atomic mass is 10.1. The molecule has 160 valence electrons. The smallest absolute Gasteiger partial charge is 0.250 e. The van der Waals surface area contributed by atoms with Gasteiger partial charge in [-0.05, 0) is 72.1 Å². The summed E-state index contributed by atoms with van der Waals surface area (Å²) < 4.78 is 6.71. The Morgan fingerprint density at radius 2 is 1.90 bits per heavy atom. The third kappa shape index (κ3) is 7.48. The molecule has 1 aromatic heterocycles. The second-order valence-electron chi connectivity index (χ2n) is 6.98. The molecule has 1 N–H and O–H groups in total. The molecule has 0 aliphatic heterocycles. The Morgan fingerprint density at radius 3 is 2.61 bits per heavy atom. The molecule has 0 saturated heterocycles. The monoisotopic (exact) mass is 498 g/mol. The van der Waals surface area contributed by atoms with E-state index in [1.165, 1.54) is 17.3 Å². The van der Waals surface area contributed by atoms with Crippen LogP contribution in [0, 0.1) is 20.8 Å². The van der Waals surface area contributed by atoms with Crippen LogP contribution in [0.1, 0.15) is 28.1 Å². The lowest BCUT2D eigenvalue weighted by Gasteiger charge is -2.09. The summed E-state index contributed by atoms with van der Waals surface area (Å²) in [5.74, 6) is 0.712. The predicted molar refractivity (Wildman–Crippen MR) is 128 cm³/mol. The average molecular weight is 499 g/mol. The summed E-state index contributed by atoms with van der Waals surface area (Å²) in [5.41, 5.74) is 7.44. The molecule has 1 heterocycles. The Balaban J connectivity index is 1.49. The van der Waals surface area contributed by atoms with Crippen LogP contribution >= 0.6 is 27.7 Å². The molecule has 0 unspecified atom stereocenters. The number of benzene rings is 2. The standard InChI is InChI=1S/C23H23BrN4O2S/c1-15-5-4-6-19(9-15)13-30-21-8-7-18(11-20(21)24)12-25-28-22(29)14-31-23-26-16(2)10-17(3)27-23/h4-12H,13-14H2,1-3H3,(H,28,29)/b25-12-. The summed E-state index contributed by atoms with van der Waals surface area (Å²) in [4.78, 5) is 20.6. The van der Waals surface area contributed by atoms with Crippen molar-refractivity contribution in [2.24, 2.45) is 5.10 Å². The first kappa shape index (κ1) is 23.0. The topological polar surface area (TPSA) is 76.5 Å². The zero-order chi connectivity index (χ0) is 22.2. The normalized spacial score (nSPS) is 11.0. The Morgan fingerprint density at radius 1 is 1.13 bits per heavy atom. The number of aromatic nitrogens is 2. The van der Waals surface area contributed by atoms with Crippen molar-refractivity contribution in [3.05, 3.63) is 81.1 Å². The third-order valence-electron chi connectivity index (χ3n) is 4.13. The molecule has 31 heavy (non-hydrogen) atoms. The number of halogens is 1. The van der Waals surface area contributed by atoms with E-state index in [1.807, 2.05) is 50.2 Å². The number of carbonyl (C=O) groups is 1. The van der Waals surface area contributed by atoms with Gasteiger partial charge in [-0.15, -0.1) is 0 Å². The molecule has 2 aromatic carbocycles. The first-order valence-corrected chi connectivity index (χ1v) is 11.4. The molecule has 0 aliphatic rings. The highest BCUT2D eigenvalue weighted by atomic mass is 79.9. The van der Waals surface area contributed by atoms with Gasteiger partial charge in [-0.2, -0.15) is 5.10 Å². The largest absolute Gasteiger partial charge is 0.488 e. The van der Waals surface area contributed by atoms with Gasteiger partial charge in [-0.25, -0.2) is 15.4 Å². The summed E-state index contributed by atoms with van der Waals surface area (Å²) in [5, 5.41) is 4.61. The molecule has 0 spiro atoms. The van der Waals surface area contributed by atoms with Gasteiger partial charge in [0.2, 0.25) is 0 Å². The second-order valence-corrected chi connectivity index (χ2v) is 8.78. The molecule has 0 aliphatic carbocycles. The highest BCUT2D eigenvalue weighted by Crippen LogP contribution is 2.26.